The maximum atomic E-state index is 11.6. The second-order valence-corrected chi connectivity index (χ2v) is 4.72. The van der Waals surface area contributed by atoms with Gasteiger partial charge in [0.25, 0.3) is 0 Å². The van der Waals surface area contributed by atoms with Crippen molar-refractivity contribution in [2.24, 2.45) is 0 Å². The molecule has 0 saturated heterocycles. The number of hydroxylamine groups is 2. The van der Waals surface area contributed by atoms with Crippen molar-refractivity contribution in [3.8, 4) is 0 Å². The van der Waals surface area contributed by atoms with Gasteiger partial charge in [-0.1, -0.05) is 60.7 Å². The molecule has 1 aliphatic heterocycles. The molecule has 1 heterocycles. The molecule has 20 heavy (non-hydrogen) atoms. The molecule has 1 aliphatic rings. The number of carbonyl (C=O) groups excluding carboxylic acids is 1. The van der Waals surface area contributed by atoms with Crippen LogP contribution in [0.15, 0.2) is 66.2 Å². The fraction of sp³-hybridized carbons (Fsp3) is 0.118. The summed E-state index contributed by atoms with van der Waals surface area (Å²) in [5.41, 5.74) is 2.62. The van der Waals surface area contributed by atoms with Crippen LogP contribution in [0.4, 0.5) is 0 Å². The van der Waals surface area contributed by atoms with Crippen molar-refractivity contribution >= 4 is 12.0 Å². The topological polar surface area (TPSA) is 29.5 Å². The number of carbonyl (C=O) groups is 1. The van der Waals surface area contributed by atoms with Crippen LogP contribution in [0.3, 0.4) is 0 Å². The minimum Gasteiger partial charge on any atom is -0.404 e. The van der Waals surface area contributed by atoms with Gasteiger partial charge in [-0.2, -0.15) is 0 Å². The summed E-state index contributed by atoms with van der Waals surface area (Å²) in [6, 6.07) is 19.4. The average Bonchev–Trinajstić information content (AvgIpc) is 2.85. The van der Waals surface area contributed by atoms with Crippen LogP contribution in [0.5, 0.6) is 0 Å². The molecule has 3 nitrogen and oxygen atoms in total. The highest BCUT2D eigenvalue weighted by Gasteiger charge is 2.34. The lowest BCUT2D eigenvalue weighted by Crippen LogP contribution is -2.19. The van der Waals surface area contributed by atoms with Gasteiger partial charge in [0.05, 0.1) is 5.57 Å². The number of hydrogen-bond donors (Lipinski definition) is 0. The van der Waals surface area contributed by atoms with E-state index in [1.807, 2.05) is 67.7 Å². The average molecular weight is 265 g/mol. The van der Waals surface area contributed by atoms with Crippen LogP contribution in [-0.4, -0.2) is 18.4 Å². The number of nitrogens with zero attached hydrogens (tertiary/aromatic N) is 1. The molecule has 0 amide bonds. The largest absolute Gasteiger partial charge is 0.404 e. The summed E-state index contributed by atoms with van der Waals surface area (Å²) in [7, 11) is 1.84. The van der Waals surface area contributed by atoms with Crippen molar-refractivity contribution in [3.05, 3.63) is 77.4 Å². The zero-order valence-electron chi connectivity index (χ0n) is 11.2. The molecule has 3 rings (SSSR count). The predicted molar refractivity (Wildman–Crippen MR) is 77.5 cm³/mol. The lowest BCUT2D eigenvalue weighted by atomic mass is 9.97. The van der Waals surface area contributed by atoms with E-state index < -0.39 is 0 Å². The van der Waals surface area contributed by atoms with Gasteiger partial charge in [0.15, 0.2) is 12.0 Å². The summed E-state index contributed by atoms with van der Waals surface area (Å²) in [4.78, 5) is 17.4. The molecular formula is C17H15NO2. The molecule has 3 heteroatoms. The van der Waals surface area contributed by atoms with Gasteiger partial charge >= 0.3 is 0 Å². The van der Waals surface area contributed by atoms with Gasteiger partial charge in [-0.3, -0.25) is 4.79 Å². The zero-order chi connectivity index (χ0) is 13.9. The summed E-state index contributed by atoms with van der Waals surface area (Å²) >= 11 is 0. The Balaban J connectivity index is 2.08. The van der Waals surface area contributed by atoms with Crippen LogP contribution in [-0.2, 0) is 9.63 Å². The van der Waals surface area contributed by atoms with E-state index in [1.54, 1.807) is 5.06 Å². The SMILES string of the molecule is CN1OC(c2ccccc2)=C(C=O)[C@@H]1c1ccccc1. The summed E-state index contributed by atoms with van der Waals surface area (Å²) in [6.07, 6.45) is 0.892. The Hall–Kier alpha value is -2.39. The van der Waals surface area contributed by atoms with Crippen LogP contribution in [0.25, 0.3) is 5.76 Å². The molecule has 2 aromatic rings. The van der Waals surface area contributed by atoms with Gasteiger partial charge in [-0.25, -0.2) is 0 Å². The number of benzene rings is 2. The minimum absolute atomic E-state index is 0.163. The Morgan fingerprint density at radius 2 is 1.60 bits per heavy atom. The molecule has 0 aliphatic carbocycles. The van der Waals surface area contributed by atoms with Gasteiger partial charge in [0, 0.05) is 12.6 Å². The molecule has 0 saturated carbocycles. The Morgan fingerprint density at radius 1 is 1.00 bits per heavy atom. The van der Waals surface area contributed by atoms with Crippen molar-refractivity contribution in [2.45, 2.75) is 6.04 Å². The van der Waals surface area contributed by atoms with Crippen molar-refractivity contribution in [1.29, 1.82) is 0 Å². The first-order chi connectivity index (χ1) is 9.81. The van der Waals surface area contributed by atoms with E-state index in [2.05, 4.69) is 0 Å². The number of aldehydes is 1. The number of likely N-dealkylation sites (N-methyl/N-ethyl adjacent to an activating group) is 1. The molecule has 100 valence electrons. The normalized spacial score (nSPS) is 18.9. The van der Waals surface area contributed by atoms with Crippen LogP contribution in [0.2, 0.25) is 0 Å². The van der Waals surface area contributed by atoms with Gasteiger partial charge in [-0.15, -0.1) is 5.06 Å². The molecule has 0 bridgehead atoms. The summed E-state index contributed by atoms with van der Waals surface area (Å²) in [6.45, 7) is 0. The lowest BCUT2D eigenvalue weighted by molar-refractivity contribution is -0.106. The van der Waals surface area contributed by atoms with E-state index in [4.69, 9.17) is 4.84 Å². The molecule has 0 unspecified atom stereocenters. The summed E-state index contributed by atoms with van der Waals surface area (Å²) in [5, 5.41) is 1.72. The molecule has 0 radical (unpaired) electrons. The standard InChI is InChI=1S/C17H15NO2/c1-18-16(13-8-4-2-5-9-13)15(12-19)17(20-18)14-10-6-3-7-11-14/h2-12,16H,1H3/t16-/m0/s1. The molecule has 0 N–H and O–H groups in total. The van der Waals surface area contributed by atoms with E-state index in [0.717, 1.165) is 17.4 Å². The fourth-order valence-electron chi connectivity index (χ4n) is 2.52. The summed E-state index contributed by atoms with van der Waals surface area (Å²) in [5.74, 6) is 0.636. The Labute approximate surface area is 118 Å². The maximum absolute atomic E-state index is 11.6. The lowest BCUT2D eigenvalue weighted by Gasteiger charge is -2.19. The first kappa shape index (κ1) is 12.6. The quantitative estimate of drug-likeness (QED) is 0.798. The monoisotopic (exact) mass is 265 g/mol. The fourth-order valence-corrected chi connectivity index (χ4v) is 2.52. The van der Waals surface area contributed by atoms with Gasteiger partial charge in [-0.05, 0) is 5.56 Å². The molecule has 2 aromatic carbocycles. The van der Waals surface area contributed by atoms with E-state index in [9.17, 15) is 4.79 Å². The first-order valence-electron chi connectivity index (χ1n) is 6.52. The highest BCUT2D eigenvalue weighted by molar-refractivity contribution is 5.88. The number of rotatable bonds is 3. The highest BCUT2D eigenvalue weighted by atomic mass is 16.7. The molecule has 0 aromatic heterocycles. The third-order valence-corrected chi connectivity index (χ3v) is 3.43. The minimum atomic E-state index is -0.163. The van der Waals surface area contributed by atoms with Gasteiger partial charge in [0.2, 0.25) is 0 Å². The van der Waals surface area contributed by atoms with Crippen molar-refractivity contribution in [2.75, 3.05) is 7.05 Å². The van der Waals surface area contributed by atoms with Crippen LogP contribution < -0.4 is 0 Å². The van der Waals surface area contributed by atoms with Crippen molar-refractivity contribution < 1.29 is 9.63 Å². The number of hydrogen-bond acceptors (Lipinski definition) is 3. The van der Waals surface area contributed by atoms with Crippen LogP contribution in [0, 0.1) is 0 Å². The summed E-state index contributed by atoms with van der Waals surface area (Å²) < 4.78 is 0. The maximum Gasteiger partial charge on any atom is 0.163 e. The second-order valence-electron chi connectivity index (χ2n) is 4.72. The third kappa shape index (κ3) is 2.12. The first-order valence-corrected chi connectivity index (χ1v) is 6.52. The Kier molecular flexibility index (Phi) is 3.35. The predicted octanol–water partition coefficient (Wildman–Crippen LogP) is 3.21. The van der Waals surface area contributed by atoms with Crippen molar-refractivity contribution in [1.82, 2.24) is 5.06 Å². The molecule has 0 spiro atoms. The Morgan fingerprint density at radius 3 is 2.20 bits per heavy atom. The Bertz CT molecular complexity index is 635. The highest BCUT2D eigenvalue weighted by Crippen LogP contribution is 2.39. The third-order valence-electron chi connectivity index (χ3n) is 3.43. The van der Waals surface area contributed by atoms with Crippen LogP contribution >= 0.6 is 0 Å². The van der Waals surface area contributed by atoms with Crippen LogP contribution in [0.1, 0.15) is 17.2 Å². The molecule has 1 atom stereocenters. The molecular weight excluding hydrogens is 250 g/mol. The smallest absolute Gasteiger partial charge is 0.163 e. The van der Waals surface area contributed by atoms with E-state index in [-0.39, 0.29) is 6.04 Å². The van der Waals surface area contributed by atoms with Gasteiger partial charge in [0.1, 0.15) is 6.04 Å². The van der Waals surface area contributed by atoms with Gasteiger partial charge < -0.3 is 4.84 Å². The molecule has 0 fully saturated rings. The zero-order valence-corrected chi connectivity index (χ0v) is 11.2. The van der Waals surface area contributed by atoms with Crippen molar-refractivity contribution in [3.63, 3.8) is 0 Å². The second kappa shape index (κ2) is 5.31. The van der Waals surface area contributed by atoms with E-state index >= 15 is 0 Å². The van der Waals surface area contributed by atoms with E-state index in [0.29, 0.717) is 11.3 Å². The van der Waals surface area contributed by atoms with E-state index in [1.165, 1.54) is 0 Å².